The molecule has 0 bridgehead atoms. The van der Waals surface area contributed by atoms with E-state index in [0.29, 0.717) is 0 Å². The molecule has 2 heterocycles. The lowest BCUT2D eigenvalue weighted by atomic mass is 9.98. The van der Waals surface area contributed by atoms with Crippen molar-refractivity contribution in [3.8, 4) is 0 Å². The van der Waals surface area contributed by atoms with Crippen molar-refractivity contribution in [1.29, 1.82) is 0 Å². The van der Waals surface area contributed by atoms with Crippen molar-refractivity contribution in [1.82, 2.24) is 4.98 Å². The van der Waals surface area contributed by atoms with Crippen LogP contribution >= 0.6 is 11.3 Å². The Labute approximate surface area is 135 Å². The first kappa shape index (κ1) is 16.9. The monoisotopic (exact) mass is 321 g/mol. The third-order valence-corrected chi connectivity index (χ3v) is 4.40. The van der Waals surface area contributed by atoms with Crippen molar-refractivity contribution in [2.24, 2.45) is 0 Å². The van der Waals surface area contributed by atoms with Gasteiger partial charge in [0.2, 0.25) is 0 Å². The molecule has 120 valence electrons. The van der Waals surface area contributed by atoms with Gasteiger partial charge in [-0.25, -0.2) is 9.78 Å². The Hall–Kier alpha value is -1.46. The van der Waals surface area contributed by atoms with Crippen LogP contribution in [-0.4, -0.2) is 23.7 Å². The van der Waals surface area contributed by atoms with E-state index in [4.69, 9.17) is 9.47 Å². The number of thiophene rings is 1. The van der Waals surface area contributed by atoms with Gasteiger partial charge in [0.25, 0.3) is 0 Å². The van der Waals surface area contributed by atoms with E-state index in [2.05, 4.69) is 18.0 Å². The maximum absolute atomic E-state index is 12.3. The molecule has 0 radical (unpaired) electrons. The predicted molar refractivity (Wildman–Crippen MR) is 89.4 cm³/mol. The normalized spacial score (nSPS) is 13.4. The molecule has 0 saturated heterocycles. The second-order valence-corrected chi connectivity index (χ2v) is 7.68. The lowest BCUT2D eigenvalue weighted by Gasteiger charge is -2.28. The van der Waals surface area contributed by atoms with Crippen LogP contribution in [0.15, 0.2) is 6.07 Å². The average Bonchev–Trinajstić information content (AvgIpc) is 2.76. The number of esters is 1. The highest BCUT2D eigenvalue weighted by atomic mass is 32.1. The molecule has 1 unspecified atom stereocenters. The highest BCUT2D eigenvalue weighted by molar-refractivity contribution is 7.18. The smallest absolute Gasteiger partial charge is 0.339 e. The number of nitrogens with zero attached hydrogens (tertiary/aromatic N) is 1. The van der Waals surface area contributed by atoms with E-state index in [1.54, 1.807) is 11.3 Å². The molecule has 2 aromatic rings. The number of carbonyl (C=O) groups excluding carboxylic acids is 1. The van der Waals surface area contributed by atoms with Crippen LogP contribution in [0.25, 0.3) is 10.2 Å². The highest BCUT2D eigenvalue weighted by Gasteiger charge is 2.31. The topological polar surface area (TPSA) is 48.4 Å². The fourth-order valence-electron chi connectivity index (χ4n) is 2.55. The van der Waals surface area contributed by atoms with Crippen molar-refractivity contribution in [2.75, 3.05) is 7.11 Å². The molecule has 5 heteroatoms. The minimum atomic E-state index is -0.762. The number of aromatic nitrogens is 1. The van der Waals surface area contributed by atoms with E-state index in [9.17, 15) is 4.79 Å². The number of methoxy groups -OCH3 is 1. The first-order chi connectivity index (χ1) is 10.1. The van der Waals surface area contributed by atoms with Crippen LogP contribution in [0, 0.1) is 20.8 Å². The number of rotatable bonds is 3. The van der Waals surface area contributed by atoms with Crippen molar-refractivity contribution in [3.05, 3.63) is 27.8 Å². The molecule has 0 saturated carbocycles. The fourth-order valence-corrected chi connectivity index (χ4v) is 3.54. The summed E-state index contributed by atoms with van der Waals surface area (Å²) < 4.78 is 10.9. The zero-order valence-corrected chi connectivity index (χ0v) is 15.1. The van der Waals surface area contributed by atoms with Gasteiger partial charge in [-0.1, -0.05) is 0 Å². The number of carbonyl (C=O) groups is 1. The number of aryl methyl sites for hydroxylation is 3. The second-order valence-electron chi connectivity index (χ2n) is 6.45. The van der Waals surface area contributed by atoms with Crippen LogP contribution in [0.5, 0.6) is 0 Å². The molecule has 0 N–H and O–H groups in total. The summed E-state index contributed by atoms with van der Waals surface area (Å²) in [6, 6.07) is 2.11. The Morgan fingerprint density at radius 1 is 1.27 bits per heavy atom. The maximum atomic E-state index is 12.3. The summed E-state index contributed by atoms with van der Waals surface area (Å²) in [4.78, 5) is 19.1. The molecule has 0 aliphatic heterocycles. The molecule has 22 heavy (non-hydrogen) atoms. The minimum absolute atomic E-state index is 0.394. The van der Waals surface area contributed by atoms with Crippen LogP contribution in [0.2, 0.25) is 0 Å². The van der Waals surface area contributed by atoms with Crippen molar-refractivity contribution < 1.29 is 14.3 Å². The molecule has 0 amide bonds. The predicted octanol–water partition coefficient (Wildman–Crippen LogP) is 4.25. The van der Waals surface area contributed by atoms with E-state index in [0.717, 1.165) is 27.0 Å². The molecule has 2 aromatic heterocycles. The number of hydrogen-bond donors (Lipinski definition) is 0. The van der Waals surface area contributed by atoms with Gasteiger partial charge >= 0.3 is 5.97 Å². The third-order valence-electron chi connectivity index (χ3n) is 3.45. The van der Waals surface area contributed by atoms with E-state index in [-0.39, 0.29) is 0 Å². The summed E-state index contributed by atoms with van der Waals surface area (Å²) in [5.41, 5.74) is 2.20. The fraction of sp³-hybridized carbons (Fsp3) is 0.529. The van der Waals surface area contributed by atoms with Crippen LogP contribution in [0.4, 0.5) is 0 Å². The van der Waals surface area contributed by atoms with Gasteiger partial charge in [0.05, 0.1) is 12.7 Å². The average molecular weight is 321 g/mol. The standard InChI is InChI=1S/C17H23NO3S/c1-9-8-12-10(2)13(11(3)18-15(12)22-9)14(16(19)20-7)21-17(4,5)6/h8,14H,1-7H3. The van der Waals surface area contributed by atoms with Crippen molar-refractivity contribution in [2.45, 2.75) is 53.2 Å². The zero-order valence-electron chi connectivity index (χ0n) is 14.2. The summed E-state index contributed by atoms with van der Waals surface area (Å²) in [6.45, 7) is 11.8. The van der Waals surface area contributed by atoms with Gasteiger partial charge in [0.15, 0.2) is 6.10 Å². The van der Waals surface area contributed by atoms with Gasteiger partial charge in [-0.05, 0) is 53.2 Å². The lowest BCUT2D eigenvalue weighted by Crippen LogP contribution is -2.29. The molecule has 2 rings (SSSR count). The van der Waals surface area contributed by atoms with Crippen LogP contribution in [0.1, 0.15) is 48.6 Å². The van der Waals surface area contributed by atoms with Gasteiger partial charge in [-0.2, -0.15) is 0 Å². The number of ether oxygens (including phenoxy) is 2. The maximum Gasteiger partial charge on any atom is 0.339 e. The summed E-state index contributed by atoms with van der Waals surface area (Å²) in [5, 5.41) is 1.08. The number of pyridine rings is 1. The van der Waals surface area contributed by atoms with Gasteiger partial charge in [0, 0.05) is 21.5 Å². The molecule has 1 atom stereocenters. The summed E-state index contributed by atoms with van der Waals surface area (Å²) in [7, 11) is 1.38. The first-order valence-corrected chi connectivity index (χ1v) is 8.08. The minimum Gasteiger partial charge on any atom is -0.467 e. The number of fused-ring (bicyclic) bond motifs is 1. The van der Waals surface area contributed by atoms with Gasteiger partial charge in [-0.15, -0.1) is 11.3 Å². The summed E-state index contributed by atoms with van der Waals surface area (Å²) >= 11 is 1.66. The summed E-state index contributed by atoms with van der Waals surface area (Å²) in [5.74, 6) is -0.394. The van der Waals surface area contributed by atoms with Gasteiger partial charge in [-0.3, -0.25) is 0 Å². The third kappa shape index (κ3) is 3.31. The Morgan fingerprint density at radius 2 is 1.91 bits per heavy atom. The zero-order chi connectivity index (χ0) is 16.7. The first-order valence-electron chi connectivity index (χ1n) is 7.27. The van der Waals surface area contributed by atoms with Gasteiger partial charge in [0.1, 0.15) is 4.83 Å². The Morgan fingerprint density at radius 3 is 2.45 bits per heavy atom. The van der Waals surface area contributed by atoms with Crippen LogP contribution in [-0.2, 0) is 14.3 Å². The Balaban J connectivity index is 2.64. The van der Waals surface area contributed by atoms with E-state index < -0.39 is 17.7 Å². The molecule has 0 spiro atoms. The molecule has 0 aliphatic rings. The molecule has 4 nitrogen and oxygen atoms in total. The quantitative estimate of drug-likeness (QED) is 0.793. The highest BCUT2D eigenvalue weighted by Crippen LogP contribution is 2.35. The molecular weight excluding hydrogens is 298 g/mol. The van der Waals surface area contributed by atoms with Crippen LogP contribution < -0.4 is 0 Å². The van der Waals surface area contributed by atoms with Gasteiger partial charge < -0.3 is 9.47 Å². The van der Waals surface area contributed by atoms with E-state index in [1.807, 2.05) is 34.6 Å². The Kier molecular flexibility index (Phi) is 4.59. The summed E-state index contributed by atoms with van der Waals surface area (Å²) in [6.07, 6.45) is -0.762. The molecular formula is C17H23NO3S. The lowest BCUT2D eigenvalue weighted by molar-refractivity contribution is -0.164. The second kappa shape index (κ2) is 5.97. The SMILES string of the molecule is COC(=O)C(OC(C)(C)C)c1c(C)nc2sc(C)cc2c1C. The van der Waals surface area contributed by atoms with Crippen molar-refractivity contribution >= 4 is 27.5 Å². The van der Waals surface area contributed by atoms with E-state index >= 15 is 0 Å². The van der Waals surface area contributed by atoms with E-state index in [1.165, 1.54) is 12.0 Å². The molecule has 0 aliphatic carbocycles. The Bertz CT molecular complexity index is 713. The molecule has 0 fully saturated rings. The van der Waals surface area contributed by atoms with Crippen LogP contribution in [0.3, 0.4) is 0 Å². The van der Waals surface area contributed by atoms with Crippen molar-refractivity contribution in [3.63, 3.8) is 0 Å². The molecule has 0 aromatic carbocycles. The largest absolute Gasteiger partial charge is 0.467 e. The number of hydrogen-bond acceptors (Lipinski definition) is 5.